The Balaban J connectivity index is 3.09. The molecule has 0 saturated carbocycles. The average molecular weight is 169 g/mol. The molecule has 3 nitrogen and oxygen atoms in total. The van der Waals surface area contributed by atoms with Crippen LogP contribution in [0.1, 0.15) is 15.9 Å². The Morgan fingerprint density at radius 2 is 2.33 bits per heavy atom. The summed E-state index contributed by atoms with van der Waals surface area (Å²) < 4.78 is 16.9. The van der Waals surface area contributed by atoms with E-state index in [-0.39, 0.29) is 0 Å². The summed E-state index contributed by atoms with van der Waals surface area (Å²) in [5, 5.41) is 0. The van der Waals surface area contributed by atoms with Crippen LogP contribution in [0.2, 0.25) is 0 Å². The summed E-state index contributed by atoms with van der Waals surface area (Å²) in [6.45, 7) is 1.62. The molecule has 64 valence electrons. The van der Waals surface area contributed by atoms with Crippen molar-refractivity contribution in [3.63, 3.8) is 0 Å². The Hall–Kier alpha value is -1.45. The van der Waals surface area contributed by atoms with Gasteiger partial charge >= 0.3 is 5.97 Å². The van der Waals surface area contributed by atoms with Gasteiger partial charge in [-0.15, -0.1) is 0 Å². The molecule has 1 aromatic heterocycles. The first-order valence-corrected chi connectivity index (χ1v) is 3.35. The van der Waals surface area contributed by atoms with Gasteiger partial charge in [0.2, 0.25) is 5.95 Å². The lowest BCUT2D eigenvalue weighted by molar-refractivity contribution is 0.0599. The van der Waals surface area contributed by atoms with Crippen LogP contribution in [-0.2, 0) is 4.74 Å². The summed E-state index contributed by atoms with van der Waals surface area (Å²) in [6, 6.07) is 1.19. The lowest BCUT2D eigenvalue weighted by Gasteiger charge is -2.01. The molecule has 1 aromatic rings. The maximum Gasteiger partial charge on any atom is 0.339 e. The molecular formula is C8H8FNO2. The van der Waals surface area contributed by atoms with Crippen LogP contribution >= 0.6 is 0 Å². The number of rotatable bonds is 1. The highest BCUT2D eigenvalue weighted by atomic mass is 19.1. The number of halogens is 1. The minimum absolute atomic E-state index is 0.291. The van der Waals surface area contributed by atoms with Crippen molar-refractivity contribution in [2.24, 2.45) is 0 Å². The number of ether oxygens (including phenoxy) is 1. The van der Waals surface area contributed by atoms with E-state index in [0.717, 1.165) is 6.20 Å². The van der Waals surface area contributed by atoms with Gasteiger partial charge in [-0.25, -0.2) is 9.78 Å². The van der Waals surface area contributed by atoms with E-state index >= 15 is 0 Å². The standard InChI is InChI=1S/C8H8FNO2/c1-5-3-7(9)10-4-6(5)8(11)12-2/h3-4H,1-2H3. The summed E-state index contributed by atoms with van der Waals surface area (Å²) >= 11 is 0. The monoisotopic (exact) mass is 169 g/mol. The smallest absolute Gasteiger partial charge is 0.339 e. The fraction of sp³-hybridized carbons (Fsp3) is 0.250. The Morgan fingerprint density at radius 3 is 2.83 bits per heavy atom. The molecular weight excluding hydrogens is 161 g/mol. The Labute approximate surface area is 69.2 Å². The highest BCUT2D eigenvalue weighted by Crippen LogP contribution is 2.08. The van der Waals surface area contributed by atoms with Crippen molar-refractivity contribution < 1.29 is 13.9 Å². The molecule has 0 aliphatic rings. The first kappa shape index (κ1) is 8.64. The predicted molar refractivity (Wildman–Crippen MR) is 40.3 cm³/mol. The van der Waals surface area contributed by atoms with E-state index in [0.29, 0.717) is 11.1 Å². The second-order valence-corrected chi connectivity index (χ2v) is 2.31. The highest BCUT2D eigenvalue weighted by Gasteiger charge is 2.09. The number of aromatic nitrogens is 1. The van der Waals surface area contributed by atoms with Gasteiger partial charge in [-0.3, -0.25) is 0 Å². The normalized spacial score (nSPS) is 9.58. The van der Waals surface area contributed by atoms with E-state index in [9.17, 15) is 9.18 Å². The van der Waals surface area contributed by atoms with Gasteiger partial charge in [0.15, 0.2) is 0 Å². The first-order valence-electron chi connectivity index (χ1n) is 3.35. The number of esters is 1. The van der Waals surface area contributed by atoms with Crippen molar-refractivity contribution in [1.29, 1.82) is 0 Å². The zero-order chi connectivity index (χ0) is 9.14. The topological polar surface area (TPSA) is 39.2 Å². The van der Waals surface area contributed by atoms with Gasteiger partial charge in [-0.05, 0) is 18.6 Å². The molecule has 0 radical (unpaired) electrons. The van der Waals surface area contributed by atoms with Crippen molar-refractivity contribution in [3.8, 4) is 0 Å². The fourth-order valence-electron chi connectivity index (χ4n) is 0.845. The van der Waals surface area contributed by atoms with Crippen LogP contribution in [0.4, 0.5) is 4.39 Å². The Bertz CT molecular complexity index is 312. The van der Waals surface area contributed by atoms with E-state index in [4.69, 9.17) is 0 Å². The average Bonchev–Trinajstić information content (AvgIpc) is 2.03. The molecule has 0 fully saturated rings. The van der Waals surface area contributed by atoms with E-state index in [1.807, 2.05) is 0 Å². The van der Waals surface area contributed by atoms with Crippen molar-refractivity contribution in [2.45, 2.75) is 6.92 Å². The number of carbonyl (C=O) groups is 1. The van der Waals surface area contributed by atoms with Gasteiger partial charge in [0.05, 0.1) is 12.7 Å². The maximum absolute atomic E-state index is 12.5. The van der Waals surface area contributed by atoms with Crippen LogP contribution in [0.5, 0.6) is 0 Å². The van der Waals surface area contributed by atoms with Gasteiger partial charge in [-0.1, -0.05) is 0 Å². The first-order chi connectivity index (χ1) is 5.65. The number of nitrogens with zero attached hydrogens (tertiary/aromatic N) is 1. The quantitative estimate of drug-likeness (QED) is 0.470. The van der Waals surface area contributed by atoms with E-state index in [1.54, 1.807) is 6.92 Å². The fourth-order valence-corrected chi connectivity index (χ4v) is 0.845. The molecule has 0 spiro atoms. The van der Waals surface area contributed by atoms with Crippen LogP contribution in [0.25, 0.3) is 0 Å². The molecule has 0 aliphatic heterocycles. The minimum atomic E-state index is -0.597. The molecule has 12 heavy (non-hydrogen) atoms. The molecule has 0 unspecified atom stereocenters. The molecule has 1 rings (SSSR count). The zero-order valence-electron chi connectivity index (χ0n) is 6.80. The second kappa shape index (κ2) is 3.30. The van der Waals surface area contributed by atoms with Crippen LogP contribution in [-0.4, -0.2) is 18.1 Å². The van der Waals surface area contributed by atoms with Gasteiger partial charge in [0, 0.05) is 6.20 Å². The highest BCUT2D eigenvalue weighted by molar-refractivity contribution is 5.90. The van der Waals surface area contributed by atoms with E-state index in [1.165, 1.54) is 13.2 Å². The van der Waals surface area contributed by atoms with E-state index < -0.39 is 11.9 Å². The minimum Gasteiger partial charge on any atom is -0.465 e. The number of hydrogen-bond acceptors (Lipinski definition) is 3. The SMILES string of the molecule is COC(=O)c1cnc(F)cc1C. The van der Waals surface area contributed by atoms with Crippen LogP contribution < -0.4 is 0 Å². The zero-order valence-corrected chi connectivity index (χ0v) is 6.80. The van der Waals surface area contributed by atoms with Gasteiger partial charge in [0.1, 0.15) is 0 Å². The number of pyridine rings is 1. The summed E-state index contributed by atoms with van der Waals surface area (Å²) in [4.78, 5) is 14.3. The number of methoxy groups -OCH3 is 1. The van der Waals surface area contributed by atoms with E-state index in [2.05, 4.69) is 9.72 Å². The lowest BCUT2D eigenvalue weighted by Crippen LogP contribution is -2.04. The molecule has 0 aromatic carbocycles. The molecule has 0 N–H and O–H groups in total. The Kier molecular flexibility index (Phi) is 2.38. The van der Waals surface area contributed by atoms with Gasteiger partial charge in [0.25, 0.3) is 0 Å². The predicted octanol–water partition coefficient (Wildman–Crippen LogP) is 1.32. The van der Waals surface area contributed by atoms with Crippen LogP contribution in [0, 0.1) is 12.9 Å². The summed E-state index contributed by atoms with van der Waals surface area (Å²) in [6.07, 6.45) is 1.16. The summed E-state index contributed by atoms with van der Waals surface area (Å²) in [5.74, 6) is -1.10. The van der Waals surface area contributed by atoms with Crippen LogP contribution in [0.3, 0.4) is 0 Å². The van der Waals surface area contributed by atoms with Crippen molar-refractivity contribution in [1.82, 2.24) is 4.98 Å². The summed E-state index contributed by atoms with van der Waals surface area (Å²) in [5.41, 5.74) is 0.813. The largest absolute Gasteiger partial charge is 0.465 e. The van der Waals surface area contributed by atoms with Crippen molar-refractivity contribution in [2.75, 3.05) is 7.11 Å². The number of aryl methyl sites for hydroxylation is 1. The second-order valence-electron chi connectivity index (χ2n) is 2.31. The molecule has 0 amide bonds. The molecule has 0 aliphatic carbocycles. The molecule has 4 heteroatoms. The Morgan fingerprint density at radius 1 is 1.67 bits per heavy atom. The number of hydrogen-bond donors (Lipinski definition) is 0. The lowest BCUT2D eigenvalue weighted by atomic mass is 10.2. The summed E-state index contributed by atoms with van der Waals surface area (Å²) in [7, 11) is 1.27. The molecule has 0 atom stereocenters. The van der Waals surface area contributed by atoms with Gasteiger partial charge in [-0.2, -0.15) is 4.39 Å². The van der Waals surface area contributed by atoms with Crippen molar-refractivity contribution >= 4 is 5.97 Å². The third kappa shape index (κ3) is 1.58. The molecule has 0 bridgehead atoms. The van der Waals surface area contributed by atoms with Crippen LogP contribution in [0.15, 0.2) is 12.3 Å². The number of carbonyl (C=O) groups excluding carboxylic acids is 1. The molecule has 0 saturated heterocycles. The van der Waals surface area contributed by atoms with Gasteiger partial charge < -0.3 is 4.74 Å². The maximum atomic E-state index is 12.5. The molecule has 1 heterocycles. The third-order valence-corrected chi connectivity index (χ3v) is 1.48. The third-order valence-electron chi connectivity index (χ3n) is 1.48. The van der Waals surface area contributed by atoms with Crippen molar-refractivity contribution in [3.05, 3.63) is 29.3 Å².